The molecule has 14 heteroatoms. The lowest BCUT2D eigenvalue weighted by molar-refractivity contribution is 0.0852. The van der Waals surface area contributed by atoms with Crippen LogP contribution in [0.25, 0.3) is 0 Å². The summed E-state index contributed by atoms with van der Waals surface area (Å²) < 4.78 is 45.9. The maximum atomic E-state index is 12.7. The maximum Gasteiger partial charge on any atom is 0.255 e. The molecule has 2 heterocycles. The van der Waals surface area contributed by atoms with Gasteiger partial charge in [-0.3, -0.25) is 4.79 Å². The smallest absolute Gasteiger partial charge is 0.255 e. The van der Waals surface area contributed by atoms with Gasteiger partial charge in [0.05, 0.1) is 67.1 Å². The summed E-state index contributed by atoms with van der Waals surface area (Å²) >= 11 is 6.07. The number of anilines is 1. The van der Waals surface area contributed by atoms with E-state index >= 15 is 0 Å². The SMILES string of the molecule is COc1cc(C2NC(=O)c3cc(Cl)ccc3N2)ccc1OCCCCCCCCCOc1c(OC)cc(C2CC(c3cc(OC)c(OC)c(OC)c3)=NO2)cc1OC. The van der Waals surface area contributed by atoms with Crippen molar-refractivity contribution in [1.29, 1.82) is 0 Å². The van der Waals surface area contributed by atoms with Crippen molar-refractivity contribution in [1.82, 2.24) is 5.32 Å². The van der Waals surface area contributed by atoms with E-state index in [1.165, 1.54) is 0 Å². The van der Waals surface area contributed by atoms with Crippen molar-refractivity contribution in [3.05, 3.63) is 87.9 Å². The van der Waals surface area contributed by atoms with Gasteiger partial charge in [-0.15, -0.1) is 0 Å². The molecule has 4 aromatic carbocycles. The van der Waals surface area contributed by atoms with Gasteiger partial charge in [-0.1, -0.05) is 54.9 Å². The van der Waals surface area contributed by atoms with Crippen LogP contribution in [0.2, 0.25) is 5.02 Å². The quantitative estimate of drug-likeness (QED) is 0.0779. The van der Waals surface area contributed by atoms with Crippen LogP contribution in [0.5, 0.6) is 46.0 Å². The van der Waals surface area contributed by atoms with Gasteiger partial charge in [0.25, 0.3) is 5.91 Å². The lowest BCUT2D eigenvalue weighted by atomic mass is 9.99. The van der Waals surface area contributed by atoms with E-state index in [0.717, 1.165) is 73.0 Å². The molecule has 0 saturated carbocycles. The summed E-state index contributed by atoms with van der Waals surface area (Å²) in [4.78, 5) is 18.6. The average molecular weight is 818 g/mol. The second-order valence-corrected chi connectivity index (χ2v) is 14.3. The van der Waals surface area contributed by atoms with Crippen molar-refractivity contribution >= 4 is 28.9 Å². The van der Waals surface area contributed by atoms with E-state index in [4.69, 9.17) is 54.3 Å². The first-order valence-corrected chi connectivity index (χ1v) is 19.8. The predicted octanol–water partition coefficient (Wildman–Crippen LogP) is 9.30. The molecule has 2 atom stereocenters. The number of benzene rings is 4. The molecule has 1 amide bonds. The number of rotatable bonds is 21. The number of oxime groups is 1. The number of nitrogens with one attached hydrogen (secondary N) is 2. The summed E-state index contributed by atoms with van der Waals surface area (Å²) in [6.07, 6.45) is 7.11. The van der Waals surface area contributed by atoms with Gasteiger partial charge in [0.1, 0.15) is 6.17 Å². The maximum absolute atomic E-state index is 12.7. The van der Waals surface area contributed by atoms with E-state index in [2.05, 4.69) is 15.8 Å². The molecule has 0 fully saturated rings. The summed E-state index contributed by atoms with van der Waals surface area (Å²) in [6, 6.07) is 18.5. The van der Waals surface area contributed by atoms with Crippen molar-refractivity contribution in [2.75, 3.05) is 61.2 Å². The van der Waals surface area contributed by atoms with Crippen LogP contribution >= 0.6 is 11.6 Å². The normalized spacial score (nSPS) is 15.6. The monoisotopic (exact) mass is 817 g/mol. The Balaban J connectivity index is 0.895. The van der Waals surface area contributed by atoms with Gasteiger partial charge in [-0.2, -0.15) is 0 Å². The van der Waals surface area contributed by atoms with Gasteiger partial charge in [0, 0.05) is 28.3 Å². The molecule has 2 unspecified atom stereocenters. The van der Waals surface area contributed by atoms with E-state index in [-0.39, 0.29) is 12.0 Å². The average Bonchev–Trinajstić information content (AvgIpc) is 3.75. The molecule has 0 saturated heterocycles. The first-order chi connectivity index (χ1) is 28.3. The summed E-state index contributed by atoms with van der Waals surface area (Å²) in [7, 11) is 9.58. The molecule has 0 bridgehead atoms. The molecule has 4 aromatic rings. The molecule has 0 radical (unpaired) electrons. The largest absolute Gasteiger partial charge is 0.493 e. The molecule has 310 valence electrons. The topological polar surface area (TPSA) is 137 Å². The number of halogens is 1. The van der Waals surface area contributed by atoms with E-state index in [0.29, 0.717) is 76.2 Å². The van der Waals surface area contributed by atoms with Crippen molar-refractivity contribution < 1.29 is 47.5 Å². The Morgan fingerprint density at radius 2 is 1.21 bits per heavy atom. The molecule has 13 nitrogen and oxygen atoms in total. The summed E-state index contributed by atoms with van der Waals surface area (Å²) in [6.45, 7) is 1.13. The number of hydrogen-bond donors (Lipinski definition) is 2. The van der Waals surface area contributed by atoms with E-state index in [1.807, 2.05) is 48.5 Å². The third-order valence-electron chi connectivity index (χ3n) is 10.1. The van der Waals surface area contributed by atoms with Crippen LogP contribution in [-0.4, -0.2) is 67.5 Å². The number of nitrogens with zero attached hydrogens (tertiary/aromatic N) is 1. The Morgan fingerprint density at radius 1 is 0.621 bits per heavy atom. The number of fused-ring (bicyclic) bond motifs is 1. The van der Waals surface area contributed by atoms with Crippen molar-refractivity contribution in [2.24, 2.45) is 5.16 Å². The third kappa shape index (κ3) is 9.87. The minimum absolute atomic E-state index is 0.186. The first kappa shape index (κ1) is 41.9. The zero-order valence-corrected chi connectivity index (χ0v) is 34.7. The molecule has 0 aromatic heterocycles. The van der Waals surface area contributed by atoms with Crippen LogP contribution < -0.4 is 48.5 Å². The number of ether oxygens (including phenoxy) is 8. The Morgan fingerprint density at radius 3 is 1.83 bits per heavy atom. The molecule has 0 spiro atoms. The summed E-state index contributed by atoms with van der Waals surface area (Å²) in [5.74, 6) is 4.41. The fourth-order valence-electron chi connectivity index (χ4n) is 7.03. The first-order valence-electron chi connectivity index (χ1n) is 19.4. The molecule has 0 aliphatic carbocycles. The Bertz CT molecular complexity index is 2030. The van der Waals surface area contributed by atoms with Crippen LogP contribution in [0.15, 0.2) is 65.8 Å². The molecule has 6 rings (SSSR count). The van der Waals surface area contributed by atoms with Crippen molar-refractivity contribution in [3.8, 4) is 46.0 Å². The molecular formula is C44H52ClN3O10. The van der Waals surface area contributed by atoms with Crippen LogP contribution in [-0.2, 0) is 4.84 Å². The summed E-state index contributed by atoms with van der Waals surface area (Å²) in [5, 5.41) is 11.2. The number of carbonyl (C=O) groups is 1. The zero-order valence-electron chi connectivity index (χ0n) is 33.9. The molecule has 2 aliphatic rings. The highest BCUT2D eigenvalue weighted by Gasteiger charge is 2.29. The highest BCUT2D eigenvalue weighted by Crippen LogP contribution is 2.44. The van der Waals surface area contributed by atoms with Gasteiger partial charge in [-0.25, -0.2) is 0 Å². The van der Waals surface area contributed by atoms with Gasteiger partial charge >= 0.3 is 0 Å². The molecule has 2 N–H and O–H groups in total. The second kappa shape index (κ2) is 20.1. The minimum atomic E-state index is -0.403. The molecular weight excluding hydrogens is 766 g/mol. The standard InChI is InChI=1S/C44H52ClN3O10/c1-50-36-20-27(43-46-32-16-15-30(45)25-31(32)44(49)47-43)14-17-34(36)56-18-12-10-8-7-9-11-13-19-57-42-39(53-4)23-29(24-40(42)54-5)35-26-33(48-58-35)28-21-37(51-2)41(55-6)38(22-28)52-3/h14-17,20-25,35,43,46H,7-13,18-19,26H2,1-6H3,(H,47,49). The fourth-order valence-corrected chi connectivity index (χ4v) is 7.20. The Labute approximate surface area is 344 Å². The third-order valence-corrected chi connectivity index (χ3v) is 10.4. The highest BCUT2D eigenvalue weighted by molar-refractivity contribution is 6.31. The number of carbonyl (C=O) groups excluding carboxylic acids is 1. The highest BCUT2D eigenvalue weighted by atomic mass is 35.5. The van der Waals surface area contributed by atoms with Crippen LogP contribution in [0.3, 0.4) is 0 Å². The number of unbranched alkanes of at least 4 members (excludes halogenated alkanes) is 6. The molecule has 2 aliphatic heterocycles. The van der Waals surface area contributed by atoms with Crippen molar-refractivity contribution in [3.63, 3.8) is 0 Å². The molecule has 58 heavy (non-hydrogen) atoms. The fraction of sp³-hybridized carbons (Fsp3) is 0.409. The van der Waals surface area contributed by atoms with Crippen molar-refractivity contribution in [2.45, 2.75) is 63.6 Å². The Kier molecular flexibility index (Phi) is 14.6. The van der Waals surface area contributed by atoms with E-state index in [1.54, 1.807) is 54.8 Å². The van der Waals surface area contributed by atoms with Crippen LogP contribution in [0.1, 0.15) is 90.7 Å². The summed E-state index contributed by atoms with van der Waals surface area (Å²) in [5.41, 5.74) is 4.53. The predicted molar refractivity (Wildman–Crippen MR) is 222 cm³/mol. The van der Waals surface area contributed by atoms with Crippen LogP contribution in [0, 0.1) is 0 Å². The number of amides is 1. The Hall–Kier alpha value is -5.69. The van der Waals surface area contributed by atoms with Crippen LogP contribution in [0.4, 0.5) is 5.69 Å². The van der Waals surface area contributed by atoms with Gasteiger partial charge in [0.15, 0.2) is 40.6 Å². The van der Waals surface area contributed by atoms with E-state index in [9.17, 15) is 4.79 Å². The van der Waals surface area contributed by atoms with Gasteiger partial charge in [-0.05, 0) is 73.0 Å². The minimum Gasteiger partial charge on any atom is -0.493 e. The van der Waals surface area contributed by atoms with Gasteiger partial charge in [0.2, 0.25) is 11.5 Å². The van der Waals surface area contributed by atoms with E-state index < -0.39 is 6.17 Å². The lowest BCUT2D eigenvalue weighted by Crippen LogP contribution is -2.38. The van der Waals surface area contributed by atoms with Gasteiger partial charge < -0.3 is 53.4 Å². The number of methoxy groups -OCH3 is 6. The lowest BCUT2D eigenvalue weighted by Gasteiger charge is -2.28. The zero-order chi connectivity index (χ0) is 41.0. The second-order valence-electron chi connectivity index (χ2n) is 13.8. The number of hydrogen-bond acceptors (Lipinski definition) is 12.